The Labute approximate surface area is 186 Å². The molecule has 1 fully saturated rings. The number of amides is 2. The van der Waals surface area contributed by atoms with E-state index < -0.39 is 0 Å². The second kappa shape index (κ2) is 8.63. The average molecular weight is 437 g/mol. The third-order valence-corrected chi connectivity index (χ3v) is 6.21. The zero-order valence-electron chi connectivity index (χ0n) is 18.8. The topological polar surface area (TPSA) is 95.9 Å². The van der Waals surface area contributed by atoms with Crippen LogP contribution >= 0.6 is 0 Å². The molecule has 4 rings (SSSR count). The number of nitrogens with one attached hydrogen (secondary N) is 2. The van der Waals surface area contributed by atoms with E-state index in [9.17, 15) is 14.4 Å². The molecule has 0 spiro atoms. The number of fused-ring (bicyclic) bond motifs is 1. The lowest BCUT2D eigenvalue weighted by atomic mass is 9.93. The summed E-state index contributed by atoms with van der Waals surface area (Å²) in [6, 6.07) is 8.67. The summed E-state index contributed by atoms with van der Waals surface area (Å²) in [5.74, 6) is -0.175. The number of pyridine rings is 1. The third-order valence-electron chi connectivity index (χ3n) is 6.21. The van der Waals surface area contributed by atoms with E-state index in [0.29, 0.717) is 30.9 Å². The van der Waals surface area contributed by atoms with Gasteiger partial charge in [-0.15, -0.1) is 0 Å². The molecule has 0 bridgehead atoms. The molecule has 1 aromatic carbocycles. The molecule has 2 amide bonds. The molecule has 0 saturated carbocycles. The number of nitrogens with zero attached hydrogens (tertiary/aromatic N) is 2. The van der Waals surface area contributed by atoms with Gasteiger partial charge in [-0.05, 0) is 24.6 Å². The summed E-state index contributed by atoms with van der Waals surface area (Å²) in [5.41, 5.74) is 4.89. The molecule has 0 unspecified atom stereocenters. The van der Waals surface area contributed by atoms with Crippen LogP contribution in [0.2, 0.25) is 0 Å². The Kier molecular flexibility index (Phi) is 5.88. The number of benzene rings is 1. The molecule has 1 aliphatic rings. The van der Waals surface area contributed by atoms with Gasteiger partial charge in [0.25, 0.3) is 5.91 Å². The first-order chi connectivity index (χ1) is 15.3. The lowest BCUT2D eigenvalue weighted by Gasteiger charge is -2.35. The van der Waals surface area contributed by atoms with Gasteiger partial charge >= 0.3 is 0 Å². The van der Waals surface area contributed by atoms with Gasteiger partial charge in [-0.1, -0.05) is 13.0 Å². The van der Waals surface area contributed by atoms with Crippen molar-refractivity contribution in [3.05, 3.63) is 63.6 Å². The van der Waals surface area contributed by atoms with Crippen molar-refractivity contribution in [2.75, 3.05) is 26.7 Å². The average Bonchev–Trinajstić information content (AvgIpc) is 3.15. The van der Waals surface area contributed by atoms with Crippen LogP contribution in [0.5, 0.6) is 0 Å². The van der Waals surface area contributed by atoms with E-state index in [1.165, 1.54) is 6.07 Å². The summed E-state index contributed by atoms with van der Waals surface area (Å²) < 4.78 is 8.04. The molecule has 32 heavy (non-hydrogen) atoms. The number of morpholine rings is 1. The van der Waals surface area contributed by atoms with E-state index in [1.807, 2.05) is 28.4 Å². The first kappa shape index (κ1) is 21.8. The van der Waals surface area contributed by atoms with Gasteiger partial charge in [0.1, 0.15) is 5.65 Å². The zero-order valence-corrected chi connectivity index (χ0v) is 18.8. The van der Waals surface area contributed by atoms with Crippen LogP contribution in [0.25, 0.3) is 16.9 Å². The molecule has 168 valence electrons. The highest BCUT2D eigenvalue weighted by Gasteiger charge is 2.31. The Bertz CT molecular complexity index is 1240. The van der Waals surface area contributed by atoms with Gasteiger partial charge < -0.3 is 24.3 Å². The Morgan fingerprint density at radius 1 is 1.25 bits per heavy atom. The van der Waals surface area contributed by atoms with Crippen LogP contribution < -0.4 is 10.7 Å². The summed E-state index contributed by atoms with van der Waals surface area (Å²) in [6.07, 6.45) is 1.58. The number of carbonyl (C=O) groups excluding carboxylic acids is 2. The summed E-state index contributed by atoms with van der Waals surface area (Å²) in [5, 5.41) is 2.65. The van der Waals surface area contributed by atoms with Crippen LogP contribution in [0.15, 0.2) is 41.3 Å². The number of aryl methyl sites for hydroxylation is 1. The number of aromatic nitrogens is 2. The highest BCUT2D eigenvalue weighted by Crippen LogP contribution is 2.35. The fourth-order valence-electron chi connectivity index (χ4n) is 4.42. The normalized spacial score (nSPS) is 17.4. The first-order valence-electron chi connectivity index (χ1n) is 10.7. The van der Waals surface area contributed by atoms with E-state index >= 15 is 0 Å². The Morgan fingerprint density at radius 3 is 2.72 bits per heavy atom. The molecule has 2 N–H and O–H groups in total. The van der Waals surface area contributed by atoms with Gasteiger partial charge in [0, 0.05) is 62.4 Å². The summed E-state index contributed by atoms with van der Waals surface area (Å²) in [6.45, 7) is 7.20. The van der Waals surface area contributed by atoms with Crippen molar-refractivity contribution in [1.29, 1.82) is 0 Å². The molecule has 8 nitrogen and oxygen atoms in total. The second-order valence-corrected chi connectivity index (χ2v) is 8.27. The predicted octanol–water partition coefficient (Wildman–Crippen LogP) is 2.31. The largest absolute Gasteiger partial charge is 0.374 e. The monoisotopic (exact) mass is 436 g/mol. The number of hydrogen-bond acceptors (Lipinski definition) is 4. The number of carbonyl (C=O) groups is 2. The minimum Gasteiger partial charge on any atom is -0.374 e. The van der Waals surface area contributed by atoms with Crippen molar-refractivity contribution in [1.82, 2.24) is 19.6 Å². The molecule has 3 heterocycles. The molecular weight excluding hydrogens is 408 g/mol. The smallest absolute Gasteiger partial charge is 0.251 e. The van der Waals surface area contributed by atoms with Crippen molar-refractivity contribution in [3.8, 4) is 11.3 Å². The Hall–Kier alpha value is -3.39. The summed E-state index contributed by atoms with van der Waals surface area (Å²) in [7, 11) is 1.61. The van der Waals surface area contributed by atoms with Crippen molar-refractivity contribution >= 4 is 17.5 Å². The molecular formula is C24H28N4O4. The molecule has 8 heteroatoms. The van der Waals surface area contributed by atoms with Crippen LogP contribution in [0.3, 0.4) is 0 Å². The van der Waals surface area contributed by atoms with Gasteiger partial charge in [-0.3, -0.25) is 14.4 Å². The second-order valence-electron chi connectivity index (χ2n) is 8.27. The third kappa shape index (κ3) is 3.93. The number of rotatable bonds is 4. The van der Waals surface area contributed by atoms with Gasteiger partial charge in [0.15, 0.2) is 5.43 Å². The fourth-order valence-corrected chi connectivity index (χ4v) is 4.42. The number of H-pyrrole nitrogens is 1. The van der Waals surface area contributed by atoms with E-state index in [0.717, 1.165) is 22.5 Å². The van der Waals surface area contributed by atoms with Crippen molar-refractivity contribution in [2.45, 2.75) is 32.8 Å². The molecule has 1 aliphatic heterocycles. The van der Waals surface area contributed by atoms with Crippen LogP contribution in [0, 0.1) is 6.92 Å². The maximum Gasteiger partial charge on any atom is 0.251 e. The Morgan fingerprint density at radius 2 is 2.03 bits per heavy atom. The zero-order chi connectivity index (χ0) is 23.0. The van der Waals surface area contributed by atoms with Gasteiger partial charge in [0.05, 0.1) is 24.1 Å². The van der Waals surface area contributed by atoms with Gasteiger partial charge in [-0.25, -0.2) is 0 Å². The molecule has 0 radical (unpaired) electrons. The minimum absolute atomic E-state index is 0.0360. The van der Waals surface area contributed by atoms with Crippen LogP contribution in [-0.4, -0.2) is 58.9 Å². The fraction of sp³-hybridized carbons (Fsp3) is 0.375. The van der Waals surface area contributed by atoms with Crippen LogP contribution in [0.1, 0.15) is 41.4 Å². The summed E-state index contributed by atoms with van der Waals surface area (Å²) in [4.78, 5) is 41.2. The molecule has 1 saturated heterocycles. The first-order valence-corrected chi connectivity index (χ1v) is 10.7. The predicted molar refractivity (Wildman–Crippen MR) is 122 cm³/mol. The number of hydrogen-bond donors (Lipinski definition) is 2. The minimum atomic E-state index is -0.185. The molecule has 2 aromatic heterocycles. The van der Waals surface area contributed by atoms with Crippen molar-refractivity contribution in [3.63, 3.8) is 0 Å². The number of aromatic amines is 1. The highest BCUT2D eigenvalue weighted by molar-refractivity contribution is 5.95. The molecule has 3 aromatic rings. The van der Waals surface area contributed by atoms with E-state index in [1.54, 1.807) is 32.3 Å². The van der Waals surface area contributed by atoms with E-state index in [-0.39, 0.29) is 29.3 Å². The van der Waals surface area contributed by atoms with E-state index in [4.69, 9.17) is 4.74 Å². The quantitative estimate of drug-likeness (QED) is 0.656. The Balaban J connectivity index is 1.84. The molecule has 0 aliphatic carbocycles. The lowest BCUT2D eigenvalue weighted by Crippen LogP contribution is -2.46. The van der Waals surface area contributed by atoms with Crippen molar-refractivity contribution < 1.29 is 14.3 Å². The van der Waals surface area contributed by atoms with Crippen LogP contribution in [-0.2, 0) is 9.53 Å². The molecule has 2 atom stereocenters. The van der Waals surface area contributed by atoms with Crippen LogP contribution in [0.4, 0.5) is 0 Å². The number of imidazole rings is 1. The van der Waals surface area contributed by atoms with E-state index in [2.05, 4.69) is 17.2 Å². The van der Waals surface area contributed by atoms with Gasteiger partial charge in [0.2, 0.25) is 5.91 Å². The maximum atomic E-state index is 12.1. The van der Waals surface area contributed by atoms with Crippen molar-refractivity contribution in [2.24, 2.45) is 0 Å². The SMILES string of the molecule is CNC(=O)c1ccc(-c2[nH]c3cc(=O)ccn3c2[C@@H](C)[C@@H]2CN(C(C)=O)CCO2)c(C)c1. The highest BCUT2D eigenvalue weighted by atomic mass is 16.5. The van der Waals surface area contributed by atoms with Gasteiger partial charge in [-0.2, -0.15) is 0 Å². The maximum absolute atomic E-state index is 12.1. The summed E-state index contributed by atoms with van der Waals surface area (Å²) >= 11 is 0. The lowest BCUT2D eigenvalue weighted by molar-refractivity contribution is -0.137. The number of ether oxygens (including phenoxy) is 1. The standard InChI is InChI=1S/C24H28N4O4/c1-14-11-17(24(31)25-4)5-6-19(14)22-23(28-8-7-18(30)12-21(28)26-22)15(2)20-13-27(16(3)29)9-10-32-20/h5-8,11-12,15,20,26H,9-10,13H2,1-4H3,(H,25,31)/t15-,20-/m0/s1.